The lowest BCUT2D eigenvalue weighted by atomic mass is 9.95. The number of methoxy groups -OCH3 is 1. The monoisotopic (exact) mass is 273 g/mol. The average Bonchev–Trinajstić information content (AvgIpc) is 2.50. The van der Waals surface area contributed by atoms with E-state index in [0.717, 1.165) is 31.4 Å². The van der Waals surface area contributed by atoms with Gasteiger partial charge in [-0.25, -0.2) is 4.98 Å². The fourth-order valence-corrected chi connectivity index (χ4v) is 2.50. The van der Waals surface area contributed by atoms with E-state index in [9.17, 15) is 10.1 Å². The van der Waals surface area contributed by atoms with E-state index in [1.54, 1.807) is 4.90 Å². The Kier molecular flexibility index (Phi) is 4.57. The van der Waals surface area contributed by atoms with Crippen molar-refractivity contribution in [1.29, 1.82) is 5.26 Å². The van der Waals surface area contributed by atoms with E-state index in [4.69, 9.17) is 4.74 Å². The minimum atomic E-state index is -0.324. The van der Waals surface area contributed by atoms with Crippen LogP contribution in [0.25, 0.3) is 0 Å². The van der Waals surface area contributed by atoms with Gasteiger partial charge in [-0.2, -0.15) is 5.26 Å². The number of anilines is 1. The van der Waals surface area contributed by atoms with E-state index in [-0.39, 0.29) is 12.5 Å². The van der Waals surface area contributed by atoms with Crippen LogP contribution in [0.15, 0.2) is 6.07 Å². The molecule has 0 fully saturated rings. The van der Waals surface area contributed by atoms with Crippen LogP contribution in [-0.4, -0.2) is 31.2 Å². The number of aromatic nitrogens is 1. The first-order chi connectivity index (χ1) is 9.69. The number of ether oxygens (including phenoxy) is 1. The number of hydrogen-bond donors (Lipinski definition) is 0. The Bertz CT molecular complexity index is 549. The van der Waals surface area contributed by atoms with Gasteiger partial charge in [0, 0.05) is 12.2 Å². The van der Waals surface area contributed by atoms with Gasteiger partial charge in [0.1, 0.15) is 18.4 Å². The van der Waals surface area contributed by atoms with Gasteiger partial charge in [-0.15, -0.1) is 0 Å². The standard InChI is InChI=1S/C15H19N3O2/c1-3-18(10-14(19)20-2)15-12(9-16)8-11-6-4-5-7-13(11)17-15/h8H,3-7,10H2,1-2H3. The number of fused-ring (bicyclic) bond motifs is 1. The molecule has 0 amide bonds. The van der Waals surface area contributed by atoms with Crippen molar-refractivity contribution in [3.05, 3.63) is 22.9 Å². The summed E-state index contributed by atoms with van der Waals surface area (Å²) in [5.41, 5.74) is 2.77. The molecule has 1 heterocycles. The van der Waals surface area contributed by atoms with Crippen LogP contribution in [0.1, 0.15) is 36.6 Å². The molecule has 106 valence electrons. The molecule has 0 N–H and O–H groups in total. The number of aryl methyl sites for hydroxylation is 2. The SMILES string of the molecule is CCN(CC(=O)OC)c1nc2c(cc1C#N)CCCC2. The molecule has 20 heavy (non-hydrogen) atoms. The lowest BCUT2D eigenvalue weighted by Gasteiger charge is -2.24. The van der Waals surface area contributed by atoms with Crippen molar-refractivity contribution in [2.24, 2.45) is 0 Å². The van der Waals surface area contributed by atoms with Crippen LogP contribution in [0.4, 0.5) is 5.82 Å². The van der Waals surface area contributed by atoms with E-state index in [1.165, 1.54) is 12.7 Å². The smallest absolute Gasteiger partial charge is 0.325 e. The maximum Gasteiger partial charge on any atom is 0.325 e. The lowest BCUT2D eigenvalue weighted by molar-refractivity contribution is -0.138. The van der Waals surface area contributed by atoms with Gasteiger partial charge in [0.15, 0.2) is 0 Å². The third-order valence-electron chi connectivity index (χ3n) is 3.63. The minimum absolute atomic E-state index is 0.119. The van der Waals surface area contributed by atoms with Crippen molar-refractivity contribution in [2.75, 3.05) is 25.1 Å². The molecule has 1 aliphatic carbocycles. The molecule has 1 aromatic heterocycles. The van der Waals surface area contributed by atoms with E-state index >= 15 is 0 Å². The summed E-state index contributed by atoms with van der Waals surface area (Å²) in [7, 11) is 1.36. The van der Waals surface area contributed by atoms with Crippen LogP contribution in [0.2, 0.25) is 0 Å². The van der Waals surface area contributed by atoms with Crippen molar-refractivity contribution in [3.8, 4) is 6.07 Å². The van der Waals surface area contributed by atoms with Gasteiger partial charge in [0.2, 0.25) is 0 Å². The van der Waals surface area contributed by atoms with Gasteiger partial charge in [0.05, 0.1) is 12.7 Å². The van der Waals surface area contributed by atoms with Crippen LogP contribution in [0.5, 0.6) is 0 Å². The summed E-state index contributed by atoms with van der Waals surface area (Å²) in [4.78, 5) is 17.9. The van der Waals surface area contributed by atoms with Crippen molar-refractivity contribution >= 4 is 11.8 Å². The largest absolute Gasteiger partial charge is 0.468 e. The molecule has 5 nitrogen and oxygen atoms in total. The lowest BCUT2D eigenvalue weighted by Crippen LogP contribution is -2.32. The number of esters is 1. The first-order valence-corrected chi connectivity index (χ1v) is 6.94. The second-order valence-electron chi connectivity index (χ2n) is 4.87. The van der Waals surface area contributed by atoms with Gasteiger partial charge in [-0.1, -0.05) is 0 Å². The summed E-state index contributed by atoms with van der Waals surface area (Å²) in [6.07, 6.45) is 4.22. The third kappa shape index (κ3) is 2.90. The highest BCUT2D eigenvalue weighted by Gasteiger charge is 2.20. The number of hydrogen-bond acceptors (Lipinski definition) is 5. The summed E-state index contributed by atoms with van der Waals surface area (Å²) in [5, 5.41) is 9.32. The molecule has 0 aliphatic heterocycles. The Hall–Kier alpha value is -2.09. The predicted molar refractivity (Wildman–Crippen MR) is 75.5 cm³/mol. The molecule has 0 radical (unpaired) electrons. The zero-order valence-electron chi connectivity index (χ0n) is 12.0. The summed E-state index contributed by atoms with van der Waals surface area (Å²) in [5.74, 6) is 0.274. The number of rotatable bonds is 4. The van der Waals surface area contributed by atoms with Gasteiger partial charge < -0.3 is 9.64 Å². The number of carbonyl (C=O) groups is 1. The van der Waals surface area contributed by atoms with Gasteiger partial charge in [-0.3, -0.25) is 4.79 Å². The van der Waals surface area contributed by atoms with Crippen molar-refractivity contribution < 1.29 is 9.53 Å². The van der Waals surface area contributed by atoms with Gasteiger partial charge in [0.25, 0.3) is 0 Å². The average molecular weight is 273 g/mol. The van der Waals surface area contributed by atoms with Crippen molar-refractivity contribution in [3.63, 3.8) is 0 Å². The molecule has 2 rings (SSSR count). The van der Waals surface area contributed by atoms with E-state index < -0.39 is 0 Å². The molecular formula is C15H19N3O2. The fourth-order valence-electron chi connectivity index (χ4n) is 2.50. The summed E-state index contributed by atoms with van der Waals surface area (Å²) in [6, 6.07) is 4.12. The number of nitrogens with zero attached hydrogens (tertiary/aromatic N) is 3. The summed E-state index contributed by atoms with van der Waals surface area (Å²) < 4.78 is 4.70. The summed E-state index contributed by atoms with van der Waals surface area (Å²) >= 11 is 0. The van der Waals surface area contributed by atoms with Crippen LogP contribution < -0.4 is 4.90 Å². The minimum Gasteiger partial charge on any atom is -0.468 e. The third-order valence-corrected chi connectivity index (χ3v) is 3.63. The Morgan fingerprint density at radius 1 is 1.50 bits per heavy atom. The number of nitriles is 1. The predicted octanol–water partition coefficient (Wildman–Crippen LogP) is 1.83. The van der Waals surface area contributed by atoms with Crippen molar-refractivity contribution in [1.82, 2.24) is 4.98 Å². The van der Waals surface area contributed by atoms with Crippen LogP contribution in [0, 0.1) is 11.3 Å². The topological polar surface area (TPSA) is 66.2 Å². The van der Waals surface area contributed by atoms with Crippen LogP contribution >= 0.6 is 0 Å². The first kappa shape index (κ1) is 14.3. The fraction of sp³-hybridized carbons (Fsp3) is 0.533. The van der Waals surface area contributed by atoms with Gasteiger partial charge >= 0.3 is 5.97 Å². The highest BCUT2D eigenvalue weighted by molar-refractivity contribution is 5.76. The Balaban J connectivity index is 2.38. The Morgan fingerprint density at radius 3 is 2.90 bits per heavy atom. The molecule has 0 bridgehead atoms. The Morgan fingerprint density at radius 2 is 2.25 bits per heavy atom. The van der Waals surface area contributed by atoms with Crippen LogP contribution in [0.3, 0.4) is 0 Å². The summed E-state index contributed by atoms with van der Waals surface area (Å²) in [6.45, 7) is 2.66. The maximum absolute atomic E-state index is 11.5. The molecular weight excluding hydrogens is 254 g/mol. The van der Waals surface area contributed by atoms with Gasteiger partial charge in [-0.05, 0) is 44.2 Å². The maximum atomic E-state index is 11.5. The molecule has 1 aromatic rings. The second-order valence-corrected chi connectivity index (χ2v) is 4.87. The van der Waals surface area contributed by atoms with Crippen LogP contribution in [-0.2, 0) is 22.4 Å². The molecule has 0 saturated heterocycles. The van der Waals surface area contributed by atoms with E-state index in [1.807, 2.05) is 13.0 Å². The molecule has 0 aromatic carbocycles. The molecule has 5 heteroatoms. The highest BCUT2D eigenvalue weighted by atomic mass is 16.5. The first-order valence-electron chi connectivity index (χ1n) is 6.94. The van der Waals surface area contributed by atoms with Crippen molar-refractivity contribution in [2.45, 2.75) is 32.6 Å². The van der Waals surface area contributed by atoms with E-state index in [2.05, 4.69) is 11.1 Å². The second kappa shape index (κ2) is 6.38. The number of carbonyl (C=O) groups excluding carboxylic acids is 1. The molecule has 0 saturated carbocycles. The number of likely N-dealkylation sites (N-methyl/N-ethyl adjacent to an activating group) is 1. The molecule has 0 spiro atoms. The van der Waals surface area contributed by atoms with E-state index in [0.29, 0.717) is 17.9 Å². The molecule has 1 aliphatic rings. The number of pyridine rings is 1. The normalized spacial score (nSPS) is 13.2. The zero-order valence-corrected chi connectivity index (χ0v) is 12.0. The quantitative estimate of drug-likeness (QED) is 0.783. The zero-order chi connectivity index (χ0) is 14.5. The highest BCUT2D eigenvalue weighted by Crippen LogP contribution is 2.26. The molecule has 0 unspecified atom stereocenters. The Labute approximate surface area is 119 Å². The molecule has 0 atom stereocenters.